The number of non-ortho nitro benzene ring substituents is 1. The third-order valence-electron chi connectivity index (χ3n) is 3.81. The Morgan fingerprint density at radius 2 is 2.25 bits per heavy atom. The molecule has 2 rings (SSSR count). The van der Waals surface area contributed by atoms with E-state index in [1.807, 2.05) is 6.92 Å². The summed E-state index contributed by atoms with van der Waals surface area (Å²) in [6.07, 6.45) is 0.608. The van der Waals surface area contributed by atoms with Crippen LogP contribution in [-0.2, 0) is 6.54 Å². The average molecular weight is 280 g/mol. The van der Waals surface area contributed by atoms with Crippen LogP contribution >= 0.6 is 0 Å². The van der Waals surface area contributed by atoms with Gasteiger partial charge in [0.15, 0.2) is 0 Å². The van der Waals surface area contributed by atoms with Gasteiger partial charge < -0.3 is 9.84 Å². The predicted octanol–water partition coefficient (Wildman–Crippen LogP) is 1.81. The van der Waals surface area contributed by atoms with Gasteiger partial charge in [-0.3, -0.25) is 15.0 Å². The SMILES string of the molecule is COc1cc(CN2CCC(C)C(O)C2)cc([N+](=O)[O-])c1. The second-order valence-electron chi connectivity index (χ2n) is 5.36. The van der Waals surface area contributed by atoms with E-state index >= 15 is 0 Å². The molecule has 1 fully saturated rings. The van der Waals surface area contributed by atoms with Gasteiger partial charge in [0.05, 0.1) is 24.2 Å². The molecule has 1 aliphatic rings. The van der Waals surface area contributed by atoms with E-state index in [0.717, 1.165) is 18.5 Å². The summed E-state index contributed by atoms with van der Waals surface area (Å²) in [5.41, 5.74) is 0.864. The van der Waals surface area contributed by atoms with Gasteiger partial charge in [0, 0.05) is 19.2 Å². The van der Waals surface area contributed by atoms with Crippen molar-refractivity contribution >= 4 is 5.69 Å². The number of piperidine rings is 1. The monoisotopic (exact) mass is 280 g/mol. The van der Waals surface area contributed by atoms with Crippen molar-refractivity contribution in [1.29, 1.82) is 0 Å². The Balaban J connectivity index is 2.12. The largest absolute Gasteiger partial charge is 0.496 e. The number of aliphatic hydroxyl groups is 1. The molecule has 0 aliphatic carbocycles. The summed E-state index contributed by atoms with van der Waals surface area (Å²) < 4.78 is 5.10. The van der Waals surface area contributed by atoms with E-state index in [4.69, 9.17) is 4.74 Å². The predicted molar refractivity (Wildman–Crippen MR) is 74.7 cm³/mol. The number of aliphatic hydroxyl groups excluding tert-OH is 1. The number of nitro groups is 1. The van der Waals surface area contributed by atoms with Crippen LogP contribution < -0.4 is 4.74 Å². The third kappa shape index (κ3) is 3.46. The van der Waals surface area contributed by atoms with Crippen molar-refractivity contribution in [3.8, 4) is 5.75 Å². The van der Waals surface area contributed by atoms with Crippen LogP contribution in [-0.4, -0.2) is 41.2 Å². The first kappa shape index (κ1) is 14.7. The molecule has 0 bridgehead atoms. The van der Waals surface area contributed by atoms with E-state index in [0.29, 0.717) is 24.8 Å². The maximum absolute atomic E-state index is 10.9. The Hall–Kier alpha value is -1.66. The topological polar surface area (TPSA) is 75.8 Å². The lowest BCUT2D eigenvalue weighted by atomic mass is 9.96. The number of likely N-dealkylation sites (tertiary alicyclic amines) is 1. The molecular formula is C14H20N2O4. The molecule has 6 heteroatoms. The maximum atomic E-state index is 10.9. The zero-order chi connectivity index (χ0) is 14.7. The molecule has 20 heavy (non-hydrogen) atoms. The van der Waals surface area contributed by atoms with Gasteiger partial charge in [-0.25, -0.2) is 0 Å². The molecule has 1 aliphatic heterocycles. The van der Waals surface area contributed by atoms with Gasteiger partial charge in [-0.05, 0) is 30.5 Å². The van der Waals surface area contributed by atoms with Crippen LogP contribution in [0, 0.1) is 16.0 Å². The highest BCUT2D eigenvalue weighted by molar-refractivity contribution is 5.42. The molecule has 1 aromatic carbocycles. The molecule has 2 atom stereocenters. The first-order chi connectivity index (χ1) is 9.49. The summed E-state index contributed by atoms with van der Waals surface area (Å²) >= 11 is 0. The normalized spacial score (nSPS) is 23.6. The number of hydrogen-bond acceptors (Lipinski definition) is 5. The molecule has 0 spiro atoms. The van der Waals surface area contributed by atoms with Gasteiger partial charge in [-0.1, -0.05) is 6.92 Å². The molecule has 1 heterocycles. The molecule has 0 radical (unpaired) electrons. The smallest absolute Gasteiger partial charge is 0.273 e. The number of benzene rings is 1. The van der Waals surface area contributed by atoms with E-state index < -0.39 is 4.92 Å². The van der Waals surface area contributed by atoms with Crippen molar-refractivity contribution in [3.63, 3.8) is 0 Å². The Morgan fingerprint density at radius 3 is 2.85 bits per heavy atom. The quantitative estimate of drug-likeness (QED) is 0.672. The summed E-state index contributed by atoms with van der Waals surface area (Å²) in [5.74, 6) is 0.797. The first-order valence-corrected chi connectivity index (χ1v) is 6.72. The zero-order valence-electron chi connectivity index (χ0n) is 11.8. The van der Waals surface area contributed by atoms with Crippen molar-refractivity contribution in [1.82, 2.24) is 4.90 Å². The molecule has 0 saturated carbocycles. The maximum Gasteiger partial charge on any atom is 0.273 e. The zero-order valence-corrected chi connectivity index (χ0v) is 11.8. The van der Waals surface area contributed by atoms with Crippen molar-refractivity contribution in [2.24, 2.45) is 5.92 Å². The minimum absolute atomic E-state index is 0.0327. The standard InChI is InChI=1S/C14H20N2O4/c1-10-3-4-15(9-14(10)17)8-11-5-12(16(18)19)7-13(6-11)20-2/h5-7,10,14,17H,3-4,8-9H2,1-2H3. The second-order valence-corrected chi connectivity index (χ2v) is 5.36. The van der Waals surface area contributed by atoms with Gasteiger partial charge in [0.2, 0.25) is 0 Å². The molecule has 0 aromatic heterocycles. The molecule has 1 N–H and O–H groups in total. The molecular weight excluding hydrogens is 260 g/mol. The highest BCUT2D eigenvalue weighted by Gasteiger charge is 2.24. The summed E-state index contributed by atoms with van der Waals surface area (Å²) in [4.78, 5) is 12.6. The van der Waals surface area contributed by atoms with Gasteiger partial charge in [-0.15, -0.1) is 0 Å². The van der Waals surface area contributed by atoms with Crippen molar-refractivity contribution in [3.05, 3.63) is 33.9 Å². The number of rotatable bonds is 4. The fraction of sp³-hybridized carbons (Fsp3) is 0.571. The second kappa shape index (κ2) is 6.19. The van der Waals surface area contributed by atoms with Crippen LogP contribution in [0.5, 0.6) is 5.75 Å². The van der Waals surface area contributed by atoms with Gasteiger partial charge in [0.25, 0.3) is 5.69 Å². The Bertz CT molecular complexity index is 492. The Kier molecular flexibility index (Phi) is 4.57. The van der Waals surface area contributed by atoms with E-state index in [9.17, 15) is 15.2 Å². The number of ether oxygens (including phenoxy) is 1. The van der Waals surface area contributed by atoms with E-state index in [1.54, 1.807) is 12.1 Å². The van der Waals surface area contributed by atoms with Crippen LogP contribution in [0.1, 0.15) is 18.9 Å². The van der Waals surface area contributed by atoms with E-state index in [1.165, 1.54) is 13.2 Å². The fourth-order valence-electron chi connectivity index (χ4n) is 2.47. The van der Waals surface area contributed by atoms with Crippen LogP contribution in [0.15, 0.2) is 18.2 Å². The van der Waals surface area contributed by atoms with Crippen molar-refractivity contribution < 1.29 is 14.8 Å². The summed E-state index contributed by atoms with van der Waals surface area (Å²) in [6, 6.07) is 4.78. The summed E-state index contributed by atoms with van der Waals surface area (Å²) in [6.45, 7) is 4.12. The Labute approximate surface area is 118 Å². The first-order valence-electron chi connectivity index (χ1n) is 6.72. The minimum atomic E-state index is -0.418. The molecule has 1 saturated heterocycles. The molecule has 2 unspecified atom stereocenters. The highest BCUT2D eigenvalue weighted by atomic mass is 16.6. The molecule has 110 valence electrons. The molecule has 6 nitrogen and oxygen atoms in total. The number of hydrogen-bond donors (Lipinski definition) is 1. The van der Waals surface area contributed by atoms with Crippen LogP contribution in [0.4, 0.5) is 5.69 Å². The highest BCUT2D eigenvalue weighted by Crippen LogP contribution is 2.25. The Morgan fingerprint density at radius 1 is 1.50 bits per heavy atom. The number of β-amino-alcohol motifs (C(OH)–C–C–N with tert-alkyl or cyclic N) is 1. The molecule has 0 amide bonds. The lowest BCUT2D eigenvalue weighted by Gasteiger charge is -2.34. The summed E-state index contributed by atoms with van der Waals surface area (Å²) in [5, 5.41) is 20.8. The third-order valence-corrected chi connectivity index (χ3v) is 3.81. The summed E-state index contributed by atoms with van der Waals surface area (Å²) in [7, 11) is 1.50. The van der Waals surface area contributed by atoms with Crippen LogP contribution in [0.2, 0.25) is 0 Å². The fourth-order valence-corrected chi connectivity index (χ4v) is 2.47. The number of nitrogens with zero attached hydrogens (tertiary/aromatic N) is 2. The van der Waals surface area contributed by atoms with E-state index in [-0.39, 0.29) is 11.8 Å². The van der Waals surface area contributed by atoms with Crippen molar-refractivity contribution in [2.45, 2.75) is 26.0 Å². The number of methoxy groups -OCH3 is 1. The van der Waals surface area contributed by atoms with Crippen LogP contribution in [0.25, 0.3) is 0 Å². The van der Waals surface area contributed by atoms with Crippen molar-refractivity contribution in [2.75, 3.05) is 20.2 Å². The molecule has 1 aromatic rings. The van der Waals surface area contributed by atoms with Gasteiger partial charge in [0.1, 0.15) is 5.75 Å². The minimum Gasteiger partial charge on any atom is -0.496 e. The lowest BCUT2D eigenvalue weighted by molar-refractivity contribution is -0.385. The average Bonchev–Trinajstić information content (AvgIpc) is 2.42. The lowest BCUT2D eigenvalue weighted by Crippen LogP contribution is -2.42. The van der Waals surface area contributed by atoms with E-state index in [2.05, 4.69) is 4.90 Å². The number of nitro benzene ring substituents is 1. The van der Waals surface area contributed by atoms with Gasteiger partial charge in [-0.2, -0.15) is 0 Å². The van der Waals surface area contributed by atoms with Crippen LogP contribution in [0.3, 0.4) is 0 Å². The van der Waals surface area contributed by atoms with Gasteiger partial charge >= 0.3 is 0 Å².